The molecule has 19 heavy (non-hydrogen) atoms. The fourth-order valence-electron chi connectivity index (χ4n) is 2.14. The largest absolute Gasteiger partial charge is 0.316 e. The second-order valence-electron chi connectivity index (χ2n) is 6.64. The molecule has 1 N–H and O–H groups in total. The summed E-state index contributed by atoms with van der Waals surface area (Å²) in [5.41, 5.74) is 1.94. The summed E-state index contributed by atoms with van der Waals surface area (Å²) in [6, 6.07) is 2.28. The Bertz CT molecular complexity index is 382. The van der Waals surface area contributed by atoms with Gasteiger partial charge in [-0.15, -0.1) is 11.3 Å². The summed E-state index contributed by atoms with van der Waals surface area (Å²) in [5.74, 6) is 0.744. The van der Waals surface area contributed by atoms with E-state index in [1.165, 1.54) is 33.5 Å². The van der Waals surface area contributed by atoms with E-state index in [0.29, 0.717) is 5.41 Å². The van der Waals surface area contributed by atoms with Crippen LogP contribution in [0.2, 0.25) is 0 Å². The maximum absolute atomic E-state index is 3.58. The van der Waals surface area contributed by atoms with Gasteiger partial charge in [0.2, 0.25) is 0 Å². The smallest absolute Gasteiger partial charge is 0.0704 e. The highest BCUT2D eigenvalue weighted by molar-refractivity contribution is 9.11. The Kier molecular flexibility index (Phi) is 7.06. The molecule has 0 saturated carbocycles. The zero-order valence-corrected chi connectivity index (χ0v) is 15.4. The summed E-state index contributed by atoms with van der Waals surface area (Å²) in [7, 11) is 0. The van der Waals surface area contributed by atoms with Crippen molar-refractivity contribution < 1.29 is 0 Å². The first kappa shape index (κ1) is 17.2. The van der Waals surface area contributed by atoms with Gasteiger partial charge in [-0.3, -0.25) is 0 Å². The summed E-state index contributed by atoms with van der Waals surface area (Å²) in [6.45, 7) is 13.8. The molecule has 0 aliphatic heterocycles. The van der Waals surface area contributed by atoms with Gasteiger partial charge in [-0.2, -0.15) is 0 Å². The van der Waals surface area contributed by atoms with E-state index in [1.807, 2.05) is 11.3 Å². The molecule has 0 unspecified atom stereocenters. The van der Waals surface area contributed by atoms with Crippen LogP contribution in [0.25, 0.3) is 0 Å². The lowest BCUT2D eigenvalue weighted by atomic mass is 9.83. The summed E-state index contributed by atoms with van der Waals surface area (Å²) in [5, 5.41) is 3.55. The Morgan fingerprint density at radius 2 is 2.00 bits per heavy atom. The molecule has 1 aromatic rings. The van der Waals surface area contributed by atoms with E-state index < -0.39 is 0 Å². The van der Waals surface area contributed by atoms with Crippen LogP contribution in [0.15, 0.2) is 9.85 Å². The number of nitrogens with one attached hydrogen (secondary N) is 1. The minimum absolute atomic E-state index is 0.421. The number of hydrogen-bond donors (Lipinski definition) is 1. The summed E-state index contributed by atoms with van der Waals surface area (Å²) in [4.78, 5) is 1.46. The Morgan fingerprint density at radius 1 is 1.32 bits per heavy atom. The third kappa shape index (κ3) is 6.92. The van der Waals surface area contributed by atoms with Gasteiger partial charge < -0.3 is 5.32 Å². The molecule has 0 atom stereocenters. The van der Waals surface area contributed by atoms with Crippen LogP contribution >= 0.6 is 27.3 Å². The van der Waals surface area contributed by atoms with Gasteiger partial charge in [-0.1, -0.05) is 27.7 Å². The molecule has 1 heterocycles. The quantitative estimate of drug-likeness (QED) is 0.620. The van der Waals surface area contributed by atoms with Gasteiger partial charge in [0, 0.05) is 4.88 Å². The van der Waals surface area contributed by atoms with Crippen LogP contribution < -0.4 is 5.32 Å². The van der Waals surface area contributed by atoms with Gasteiger partial charge in [0.1, 0.15) is 0 Å². The maximum Gasteiger partial charge on any atom is 0.0704 e. The van der Waals surface area contributed by atoms with Crippen molar-refractivity contribution in [1.29, 1.82) is 0 Å². The minimum Gasteiger partial charge on any atom is -0.316 e. The van der Waals surface area contributed by atoms with Crippen LogP contribution in [0, 0.1) is 18.3 Å². The molecule has 1 rings (SSSR count). The summed E-state index contributed by atoms with van der Waals surface area (Å²) in [6.07, 6.45) is 3.72. The Labute approximate surface area is 131 Å². The molecule has 0 aliphatic carbocycles. The maximum atomic E-state index is 3.58. The predicted molar refractivity (Wildman–Crippen MR) is 91.2 cm³/mol. The van der Waals surface area contributed by atoms with Crippen LogP contribution in [-0.2, 0) is 6.42 Å². The fourth-order valence-corrected chi connectivity index (χ4v) is 3.93. The van der Waals surface area contributed by atoms with Gasteiger partial charge in [0.25, 0.3) is 0 Å². The Hall–Kier alpha value is 0.140. The van der Waals surface area contributed by atoms with Crippen LogP contribution in [-0.4, -0.2) is 13.1 Å². The molecule has 1 nitrogen and oxygen atoms in total. The van der Waals surface area contributed by atoms with E-state index >= 15 is 0 Å². The van der Waals surface area contributed by atoms with Crippen molar-refractivity contribution >= 4 is 27.3 Å². The average molecular weight is 346 g/mol. The normalized spacial score (nSPS) is 12.4. The molecule has 110 valence electrons. The lowest BCUT2D eigenvalue weighted by Crippen LogP contribution is -2.25. The fraction of sp³-hybridized carbons (Fsp3) is 0.750. The Balaban J connectivity index is 2.32. The second-order valence-corrected chi connectivity index (χ2v) is 9.28. The number of hydrogen-bond acceptors (Lipinski definition) is 2. The van der Waals surface area contributed by atoms with Crippen molar-refractivity contribution in [3.8, 4) is 0 Å². The average Bonchev–Trinajstić information content (AvgIpc) is 2.61. The summed E-state index contributed by atoms with van der Waals surface area (Å²) >= 11 is 5.43. The first-order valence-electron chi connectivity index (χ1n) is 7.26. The SMILES string of the molecule is Cc1sc(Br)cc1CCC(C)(C)CCNCC(C)C. The van der Waals surface area contributed by atoms with Gasteiger partial charge in [0.15, 0.2) is 0 Å². The zero-order chi connectivity index (χ0) is 14.5. The number of halogens is 1. The molecule has 0 aromatic carbocycles. The number of rotatable bonds is 8. The van der Waals surface area contributed by atoms with E-state index in [2.05, 4.69) is 61.9 Å². The van der Waals surface area contributed by atoms with Crippen molar-refractivity contribution in [3.63, 3.8) is 0 Å². The highest BCUT2D eigenvalue weighted by atomic mass is 79.9. The number of aryl methyl sites for hydroxylation is 2. The van der Waals surface area contributed by atoms with Crippen molar-refractivity contribution in [1.82, 2.24) is 5.32 Å². The third-order valence-electron chi connectivity index (χ3n) is 3.59. The van der Waals surface area contributed by atoms with E-state index in [0.717, 1.165) is 19.0 Å². The molecule has 0 aliphatic rings. The molecule has 0 amide bonds. The summed E-state index contributed by atoms with van der Waals surface area (Å²) < 4.78 is 1.26. The second kappa shape index (κ2) is 7.80. The van der Waals surface area contributed by atoms with E-state index in [9.17, 15) is 0 Å². The predicted octanol–water partition coefficient (Wildman–Crippen LogP) is 5.41. The van der Waals surface area contributed by atoms with Gasteiger partial charge >= 0.3 is 0 Å². The number of thiophene rings is 1. The van der Waals surface area contributed by atoms with E-state index in [1.54, 1.807) is 0 Å². The Morgan fingerprint density at radius 3 is 2.53 bits per heavy atom. The van der Waals surface area contributed by atoms with Crippen molar-refractivity contribution in [2.45, 2.75) is 53.9 Å². The van der Waals surface area contributed by atoms with Gasteiger partial charge in [0.05, 0.1) is 3.79 Å². The standard InChI is InChI=1S/C16H28BrNS/c1-12(2)11-18-9-8-16(4,5)7-6-14-10-15(17)19-13(14)3/h10,12,18H,6-9,11H2,1-5H3. The monoisotopic (exact) mass is 345 g/mol. The van der Waals surface area contributed by atoms with Crippen molar-refractivity contribution in [2.24, 2.45) is 11.3 Å². The van der Waals surface area contributed by atoms with Gasteiger partial charge in [-0.25, -0.2) is 0 Å². The first-order chi connectivity index (χ1) is 8.80. The molecule has 3 heteroatoms. The lowest BCUT2D eigenvalue weighted by molar-refractivity contribution is 0.300. The van der Waals surface area contributed by atoms with E-state index in [4.69, 9.17) is 0 Å². The molecular weight excluding hydrogens is 318 g/mol. The minimum atomic E-state index is 0.421. The molecule has 1 aromatic heterocycles. The van der Waals surface area contributed by atoms with Gasteiger partial charge in [-0.05, 0) is 78.2 Å². The van der Waals surface area contributed by atoms with Crippen LogP contribution in [0.3, 0.4) is 0 Å². The first-order valence-corrected chi connectivity index (χ1v) is 8.86. The van der Waals surface area contributed by atoms with Crippen LogP contribution in [0.1, 0.15) is 51.0 Å². The molecular formula is C16H28BrNS. The molecule has 0 saturated heterocycles. The lowest BCUT2D eigenvalue weighted by Gasteiger charge is -2.25. The van der Waals surface area contributed by atoms with Crippen LogP contribution in [0.4, 0.5) is 0 Å². The third-order valence-corrected chi connectivity index (χ3v) is 5.19. The molecule has 0 radical (unpaired) electrons. The molecule has 0 bridgehead atoms. The van der Waals surface area contributed by atoms with Crippen molar-refractivity contribution in [2.75, 3.05) is 13.1 Å². The molecule has 0 fully saturated rings. The van der Waals surface area contributed by atoms with Crippen LogP contribution in [0.5, 0.6) is 0 Å². The highest BCUT2D eigenvalue weighted by Crippen LogP contribution is 2.31. The zero-order valence-electron chi connectivity index (χ0n) is 13.0. The topological polar surface area (TPSA) is 12.0 Å². The molecule has 0 spiro atoms. The highest BCUT2D eigenvalue weighted by Gasteiger charge is 2.18. The van der Waals surface area contributed by atoms with Crippen molar-refractivity contribution in [3.05, 3.63) is 20.3 Å². The van der Waals surface area contributed by atoms with E-state index in [-0.39, 0.29) is 0 Å².